The number of amides is 1. The van der Waals surface area contributed by atoms with E-state index in [0.717, 1.165) is 57.4 Å². The summed E-state index contributed by atoms with van der Waals surface area (Å²) in [6, 6.07) is 0. The number of carbonyl (C=O) groups excluding carboxylic acids is 2. The Morgan fingerprint density at radius 3 is 2.52 bits per heavy atom. The van der Waals surface area contributed by atoms with Gasteiger partial charge in [-0.05, 0) is 45.2 Å². The van der Waals surface area contributed by atoms with Crippen molar-refractivity contribution in [2.75, 3.05) is 46.1 Å². The lowest BCUT2D eigenvalue weighted by atomic mass is 10.2. The summed E-state index contributed by atoms with van der Waals surface area (Å²) in [5.74, 6) is 0.930. The number of nitrogens with one attached hydrogen (secondary N) is 3. The van der Waals surface area contributed by atoms with E-state index in [-0.39, 0.29) is 18.3 Å². The van der Waals surface area contributed by atoms with Crippen molar-refractivity contribution in [3.63, 3.8) is 0 Å². The number of tetrazole rings is 1. The SMILES string of the molecule is CCCC(=O)COCCOCCNC(=O)CCCCNCCCCc1nn[nH]n1. The van der Waals surface area contributed by atoms with Crippen molar-refractivity contribution in [3.8, 4) is 0 Å². The Labute approximate surface area is 172 Å². The molecule has 0 fully saturated rings. The molecule has 0 unspecified atom stereocenters. The first-order chi connectivity index (χ1) is 14.2. The highest BCUT2D eigenvalue weighted by atomic mass is 16.5. The van der Waals surface area contributed by atoms with Gasteiger partial charge in [-0.15, -0.1) is 10.2 Å². The summed E-state index contributed by atoms with van der Waals surface area (Å²) in [5, 5.41) is 20.0. The predicted octanol–water partition coefficient (Wildman–Crippen LogP) is 0.801. The van der Waals surface area contributed by atoms with Gasteiger partial charge < -0.3 is 20.1 Å². The first-order valence-electron chi connectivity index (χ1n) is 10.6. The molecule has 166 valence electrons. The molecule has 29 heavy (non-hydrogen) atoms. The minimum absolute atomic E-state index is 0.0510. The molecule has 0 aliphatic heterocycles. The van der Waals surface area contributed by atoms with E-state index >= 15 is 0 Å². The van der Waals surface area contributed by atoms with E-state index in [1.165, 1.54) is 0 Å². The van der Waals surface area contributed by atoms with Crippen LogP contribution in [0.1, 0.15) is 57.7 Å². The molecule has 0 aliphatic carbocycles. The van der Waals surface area contributed by atoms with Crippen molar-refractivity contribution in [3.05, 3.63) is 5.82 Å². The number of rotatable bonds is 20. The molecule has 3 N–H and O–H groups in total. The number of ketones is 1. The van der Waals surface area contributed by atoms with Crippen molar-refractivity contribution >= 4 is 11.7 Å². The van der Waals surface area contributed by atoms with Gasteiger partial charge in [0.25, 0.3) is 0 Å². The number of H-pyrrole nitrogens is 1. The van der Waals surface area contributed by atoms with Gasteiger partial charge in [0.1, 0.15) is 6.61 Å². The Hall–Kier alpha value is -1.91. The van der Waals surface area contributed by atoms with E-state index in [4.69, 9.17) is 9.47 Å². The summed E-state index contributed by atoms with van der Waals surface area (Å²) in [6.45, 7) is 5.76. The Morgan fingerprint density at radius 1 is 0.966 bits per heavy atom. The fourth-order valence-electron chi connectivity index (χ4n) is 2.59. The van der Waals surface area contributed by atoms with E-state index in [0.29, 0.717) is 39.2 Å². The highest BCUT2D eigenvalue weighted by molar-refractivity contribution is 5.79. The summed E-state index contributed by atoms with van der Waals surface area (Å²) < 4.78 is 10.6. The molecule has 0 saturated heterocycles. The first kappa shape index (κ1) is 25.1. The van der Waals surface area contributed by atoms with E-state index in [1.54, 1.807) is 0 Å². The van der Waals surface area contributed by atoms with E-state index < -0.39 is 0 Å². The van der Waals surface area contributed by atoms with Crippen molar-refractivity contribution in [1.29, 1.82) is 0 Å². The first-order valence-corrected chi connectivity index (χ1v) is 10.6. The second-order valence-electron chi connectivity index (χ2n) is 6.80. The number of Topliss-reactive ketones (excluding diaryl/α,β-unsaturated/α-hetero) is 1. The van der Waals surface area contributed by atoms with Crippen LogP contribution in [0.5, 0.6) is 0 Å². The summed E-state index contributed by atoms with van der Waals surface area (Å²) in [4.78, 5) is 23.0. The van der Waals surface area contributed by atoms with E-state index in [2.05, 4.69) is 31.3 Å². The number of aromatic amines is 1. The fourth-order valence-corrected chi connectivity index (χ4v) is 2.59. The smallest absolute Gasteiger partial charge is 0.220 e. The Kier molecular flexibility index (Phi) is 15.7. The molecule has 1 aromatic heterocycles. The Bertz CT molecular complexity index is 527. The Morgan fingerprint density at radius 2 is 1.76 bits per heavy atom. The zero-order valence-electron chi connectivity index (χ0n) is 17.6. The lowest BCUT2D eigenvalue weighted by Crippen LogP contribution is -2.27. The molecular formula is C19H36N6O4. The lowest BCUT2D eigenvalue weighted by molar-refractivity contribution is -0.124. The molecular weight excluding hydrogens is 376 g/mol. The average Bonchev–Trinajstić information content (AvgIpc) is 3.22. The zero-order valence-corrected chi connectivity index (χ0v) is 17.6. The predicted molar refractivity (Wildman–Crippen MR) is 108 cm³/mol. The standard InChI is InChI=1S/C19H36N6O4/c1-2-7-17(26)16-29-15-14-28-13-12-21-19(27)9-4-6-11-20-10-5-3-8-18-22-24-25-23-18/h20H,2-16H2,1H3,(H,21,27)(H,22,23,24,25). The Balaban J connectivity index is 1.76. The van der Waals surface area contributed by atoms with E-state index in [1.807, 2.05) is 6.92 Å². The van der Waals surface area contributed by atoms with Crippen LogP contribution >= 0.6 is 0 Å². The van der Waals surface area contributed by atoms with Gasteiger partial charge in [-0.3, -0.25) is 9.59 Å². The van der Waals surface area contributed by atoms with Crippen LogP contribution in [0.4, 0.5) is 0 Å². The molecule has 10 nitrogen and oxygen atoms in total. The maximum absolute atomic E-state index is 11.7. The topological polar surface area (TPSA) is 131 Å². The van der Waals surface area contributed by atoms with Gasteiger partial charge in [-0.1, -0.05) is 12.1 Å². The molecule has 0 radical (unpaired) electrons. The molecule has 1 rings (SSSR count). The van der Waals surface area contributed by atoms with Crippen LogP contribution in [0.25, 0.3) is 0 Å². The second kappa shape index (κ2) is 18.1. The normalized spacial score (nSPS) is 10.9. The number of hydrogen-bond donors (Lipinski definition) is 3. The molecule has 0 saturated carbocycles. The summed E-state index contributed by atoms with van der Waals surface area (Å²) in [5.41, 5.74) is 0. The van der Waals surface area contributed by atoms with E-state index in [9.17, 15) is 9.59 Å². The maximum atomic E-state index is 11.7. The number of nitrogens with zero attached hydrogens (tertiary/aromatic N) is 3. The quantitative estimate of drug-likeness (QED) is 0.268. The number of unbranched alkanes of at least 4 members (excludes halogenated alkanes) is 2. The molecule has 1 amide bonds. The molecule has 0 aromatic carbocycles. The molecule has 0 aliphatic rings. The maximum Gasteiger partial charge on any atom is 0.220 e. The monoisotopic (exact) mass is 412 g/mol. The van der Waals surface area contributed by atoms with Crippen molar-refractivity contribution in [2.24, 2.45) is 0 Å². The third kappa shape index (κ3) is 15.7. The number of hydrogen-bond acceptors (Lipinski definition) is 8. The van der Waals surface area contributed by atoms with Gasteiger partial charge in [-0.2, -0.15) is 5.21 Å². The second-order valence-corrected chi connectivity index (χ2v) is 6.80. The summed E-state index contributed by atoms with van der Waals surface area (Å²) in [6.07, 6.45) is 6.71. The van der Waals surface area contributed by atoms with Crippen LogP contribution < -0.4 is 10.6 Å². The number of aromatic nitrogens is 4. The highest BCUT2D eigenvalue weighted by Crippen LogP contribution is 1.97. The summed E-state index contributed by atoms with van der Waals surface area (Å²) in [7, 11) is 0. The molecule has 1 aromatic rings. The molecule has 0 atom stereocenters. The van der Waals surface area contributed by atoms with Gasteiger partial charge in [0, 0.05) is 25.8 Å². The van der Waals surface area contributed by atoms with Crippen LogP contribution in [0.2, 0.25) is 0 Å². The molecule has 0 spiro atoms. The van der Waals surface area contributed by atoms with Crippen LogP contribution in [0.15, 0.2) is 0 Å². The van der Waals surface area contributed by atoms with Gasteiger partial charge in [0.2, 0.25) is 5.91 Å². The molecule has 10 heteroatoms. The number of carbonyl (C=O) groups is 2. The van der Waals surface area contributed by atoms with Gasteiger partial charge in [0.05, 0.1) is 19.8 Å². The van der Waals surface area contributed by atoms with Crippen molar-refractivity contribution in [2.45, 2.75) is 58.3 Å². The van der Waals surface area contributed by atoms with Crippen LogP contribution in [0.3, 0.4) is 0 Å². The van der Waals surface area contributed by atoms with Crippen LogP contribution in [0, 0.1) is 0 Å². The fraction of sp³-hybridized carbons (Fsp3) is 0.842. The van der Waals surface area contributed by atoms with Crippen molar-refractivity contribution < 1.29 is 19.1 Å². The number of ether oxygens (including phenoxy) is 2. The van der Waals surface area contributed by atoms with Gasteiger partial charge in [-0.25, -0.2) is 0 Å². The van der Waals surface area contributed by atoms with Gasteiger partial charge >= 0.3 is 0 Å². The van der Waals surface area contributed by atoms with Crippen LogP contribution in [-0.4, -0.2) is 78.4 Å². The average molecular weight is 413 g/mol. The van der Waals surface area contributed by atoms with Crippen molar-refractivity contribution in [1.82, 2.24) is 31.3 Å². The largest absolute Gasteiger partial charge is 0.377 e. The lowest BCUT2D eigenvalue weighted by Gasteiger charge is -2.07. The van der Waals surface area contributed by atoms with Crippen LogP contribution in [-0.2, 0) is 25.5 Å². The minimum Gasteiger partial charge on any atom is -0.377 e. The summed E-state index contributed by atoms with van der Waals surface area (Å²) >= 11 is 0. The third-order valence-electron chi connectivity index (χ3n) is 4.13. The third-order valence-corrected chi connectivity index (χ3v) is 4.13. The van der Waals surface area contributed by atoms with Gasteiger partial charge in [0.15, 0.2) is 11.6 Å². The molecule has 0 bridgehead atoms. The minimum atomic E-state index is 0.0510. The highest BCUT2D eigenvalue weighted by Gasteiger charge is 2.02. The number of aryl methyl sites for hydroxylation is 1. The molecule has 1 heterocycles. The zero-order chi connectivity index (χ0) is 21.0.